The van der Waals surface area contributed by atoms with E-state index < -0.39 is 23.8 Å². The lowest BCUT2D eigenvalue weighted by atomic mass is 9.71. The maximum absolute atomic E-state index is 13.3. The Kier molecular flexibility index (Phi) is 5.30. The van der Waals surface area contributed by atoms with Crippen molar-refractivity contribution in [3.05, 3.63) is 39.8 Å². The summed E-state index contributed by atoms with van der Waals surface area (Å²) in [6.07, 6.45) is 2.31. The summed E-state index contributed by atoms with van der Waals surface area (Å²) in [6.45, 7) is 4.76. The molecule has 1 unspecified atom stereocenters. The summed E-state index contributed by atoms with van der Waals surface area (Å²) in [5.74, 6) is -1.93. The van der Waals surface area contributed by atoms with Crippen LogP contribution < -0.4 is 10.2 Å². The van der Waals surface area contributed by atoms with Gasteiger partial charge in [-0.3, -0.25) is 29.4 Å². The highest BCUT2D eigenvalue weighted by Gasteiger charge is 2.49. The van der Waals surface area contributed by atoms with Crippen LogP contribution in [0, 0.1) is 5.41 Å². The Morgan fingerprint density at radius 1 is 1.12 bits per heavy atom. The molecule has 3 fully saturated rings. The van der Waals surface area contributed by atoms with Gasteiger partial charge >= 0.3 is 0 Å². The number of carbonyl (C=O) groups is 4. The van der Waals surface area contributed by atoms with Gasteiger partial charge in [-0.1, -0.05) is 11.2 Å². The quantitative estimate of drug-likeness (QED) is 0.310. The highest BCUT2D eigenvalue weighted by Crippen LogP contribution is 2.45. The van der Waals surface area contributed by atoms with Crippen LogP contribution in [0.1, 0.15) is 46.4 Å². The first-order valence-corrected chi connectivity index (χ1v) is 11.3. The lowest BCUT2D eigenvalue weighted by Crippen LogP contribution is -2.61. The third-order valence-corrected chi connectivity index (χ3v) is 7.34. The van der Waals surface area contributed by atoms with Crippen LogP contribution >= 0.6 is 0 Å². The lowest BCUT2D eigenvalue weighted by molar-refractivity contribution is -0.136. The van der Waals surface area contributed by atoms with E-state index >= 15 is 0 Å². The second-order valence-corrected chi connectivity index (χ2v) is 9.30. The summed E-state index contributed by atoms with van der Waals surface area (Å²) in [7, 11) is 0. The minimum absolute atomic E-state index is 0.102. The summed E-state index contributed by atoms with van der Waals surface area (Å²) in [5.41, 5.74) is 10.0. The maximum atomic E-state index is 13.3. The Hall–Kier alpha value is -3.43. The predicted molar refractivity (Wildman–Crippen MR) is 117 cm³/mol. The molecule has 0 aromatic heterocycles. The number of likely N-dealkylation sites (tertiary alicyclic amines) is 1. The zero-order valence-corrected chi connectivity index (χ0v) is 18.2. The van der Waals surface area contributed by atoms with E-state index in [0.29, 0.717) is 17.7 Å². The van der Waals surface area contributed by atoms with Gasteiger partial charge in [-0.05, 0) is 50.0 Å². The molecular weight excluding hydrogens is 426 g/mol. The van der Waals surface area contributed by atoms with E-state index in [1.807, 2.05) is 6.07 Å². The number of hydrogen-bond donors (Lipinski definition) is 1. The number of carbonyl (C=O) groups excluding carboxylic acids is 4. The fourth-order valence-electron chi connectivity index (χ4n) is 5.49. The second-order valence-electron chi connectivity index (χ2n) is 9.30. The van der Waals surface area contributed by atoms with Crippen molar-refractivity contribution in [2.24, 2.45) is 10.5 Å². The van der Waals surface area contributed by atoms with Gasteiger partial charge in [-0.25, -0.2) is 0 Å². The summed E-state index contributed by atoms with van der Waals surface area (Å²) < 4.78 is 0. The third-order valence-electron chi connectivity index (χ3n) is 7.34. The number of azide groups is 1. The van der Waals surface area contributed by atoms with E-state index in [9.17, 15) is 19.2 Å². The molecule has 0 aliphatic carbocycles. The molecule has 4 aliphatic heterocycles. The van der Waals surface area contributed by atoms with Crippen LogP contribution in [0.5, 0.6) is 0 Å². The van der Waals surface area contributed by atoms with Crippen LogP contribution in [0.25, 0.3) is 10.4 Å². The fraction of sp³-hybridized carbons (Fsp3) is 0.545. The standard InChI is InChI=1S/C22H25N7O4/c23-26-24-8-11-27-9-6-22(7-10-27)12-28(13-22)15-3-1-2-14-18(15)21(33)29(20(14)32)16-4-5-17(30)25-19(16)31/h1-3,16H,4-13H2,(H,25,30,31). The van der Waals surface area contributed by atoms with E-state index in [-0.39, 0.29) is 24.2 Å². The Balaban J connectivity index is 1.29. The first-order valence-electron chi connectivity index (χ1n) is 11.3. The molecule has 5 rings (SSSR count). The van der Waals surface area contributed by atoms with Gasteiger partial charge in [0.15, 0.2) is 0 Å². The Bertz CT molecular complexity index is 1080. The molecule has 1 aromatic carbocycles. The molecule has 1 atom stereocenters. The minimum Gasteiger partial charge on any atom is -0.370 e. The summed E-state index contributed by atoms with van der Waals surface area (Å²) in [4.78, 5) is 58.4. The number of nitrogens with one attached hydrogen (secondary N) is 1. The molecule has 1 aromatic rings. The molecule has 1 spiro atoms. The van der Waals surface area contributed by atoms with E-state index in [0.717, 1.165) is 56.2 Å². The highest BCUT2D eigenvalue weighted by molar-refractivity contribution is 6.25. The topological polar surface area (TPSA) is 139 Å². The second kappa shape index (κ2) is 8.17. The molecule has 1 N–H and O–H groups in total. The van der Waals surface area contributed by atoms with Crippen LogP contribution in [0.3, 0.4) is 0 Å². The summed E-state index contributed by atoms with van der Waals surface area (Å²) in [6, 6.07) is 4.31. The fourth-order valence-corrected chi connectivity index (χ4v) is 5.49. The molecule has 3 saturated heterocycles. The molecule has 11 heteroatoms. The largest absolute Gasteiger partial charge is 0.370 e. The zero-order chi connectivity index (χ0) is 23.2. The van der Waals surface area contributed by atoms with Crippen molar-refractivity contribution in [2.45, 2.75) is 31.7 Å². The highest BCUT2D eigenvalue weighted by atomic mass is 16.2. The minimum atomic E-state index is -0.958. The number of anilines is 1. The van der Waals surface area contributed by atoms with Crippen LogP contribution in [-0.4, -0.2) is 78.7 Å². The van der Waals surface area contributed by atoms with Crippen LogP contribution in [0.2, 0.25) is 0 Å². The maximum Gasteiger partial charge on any atom is 0.264 e. The van der Waals surface area contributed by atoms with Crippen molar-refractivity contribution in [1.82, 2.24) is 15.1 Å². The van der Waals surface area contributed by atoms with Gasteiger partial charge in [-0.2, -0.15) is 0 Å². The predicted octanol–water partition coefficient (Wildman–Crippen LogP) is 1.30. The van der Waals surface area contributed by atoms with Crippen molar-refractivity contribution in [1.29, 1.82) is 0 Å². The molecular formula is C22H25N7O4. The van der Waals surface area contributed by atoms with Crippen LogP contribution in [0.15, 0.2) is 23.3 Å². The number of hydrogen-bond acceptors (Lipinski definition) is 7. The monoisotopic (exact) mass is 451 g/mol. The zero-order valence-electron chi connectivity index (χ0n) is 18.2. The van der Waals surface area contributed by atoms with Crippen LogP contribution in [0.4, 0.5) is 5.69 Å². The smallest absolute Gasteiger partial charge is 0.264 e. The molecule has 33 heavy (non-hydrogen) atoms. The molecule has 0 bridgehead atoms. The van der Waals surface area contributed by atoms with E-state index in [4.69, 9.17) is 5.53 Å². The van der Waals surface area contributed by atoms with Crippen molar-refractivity contribution in [3.8, 4) is 0 Å². The molecule has 4 aliphatic rings. The number of fused-ring (bicyclic) bond motifs is 1. The summed E-state index contributed by atoms with van der Waals surface area (Å²) >= 11 is 0. The number of piperidine rings is 2. The molecule has 11 nitrogen and oxygen atoms in total. The number of imide groups is 2. The van der Waals surface area contributed by atoms with Gasteiger partial charge < -0.3 is 9.80 Å². The number of nitrogens with zero attached hydrogens (tertiary/aromatic N) is 6. The molecule has 4 amide bonds. The number of rotatable bonds is 5. The third kappa shape index (κ3) is 3.63. The number of benzene rings is 1. The lowest BCUT2D eigenvalue weighted by Gasteiger charge is -2.55. The van der Waals surface area contributed by atoms with Gasteiger partial charge in [-0.15, -0.1) is 0 Å². The Morgan fingerprint density at radius 3 is 2.58 bits per heavy atom. The van der Waals surface area contributed by atoms with Crippen molar-refractivity contribution in [2.75, 3.05) is 44.2 Å². The molecule has 0 radical (unpaired) electrons. The number of amides is 4. The van der Waals surface area contributed by atoms with Gasteiger partial charge in [0, 0.05) is 42.9 Å². The van der Waals surface area contributed by atoms with Crippen molar-refractivity contribution in [3.63, 3.8) is 0 Å². The normalized spacial score (nSPS) is 24.4. The molecule has 0 saturated carbocycles. The first kappa shape index (κ1) is 21.4. The molecule has 172 valence electrons. The van der Waals surface area contributed by atoms with Gasteiger partial charge in [0.25, 0.3) is 11.8 Å². The van der Waals surface area contributed by atoms with Crippen molar-refractivity contribution < 1.29 is 19.2 Å². The average molecular weight is 451 g/mol. The first-order chi connectivity index (χ1) is 15.9. The SMILES string of the molecule is [N-]=[N+]=NCCN1CCC2(CC1)CN(c1cccc3c1C(=O)N(C1CCC(=O)NC1=O)C3=O)C2. The summed E-state index contributed by atoms with van der Waals surface area (Å²) in [5, 5.41) is 5.84. The van der Waals surface area contributed by atoms with E-state index in [2.05, 4.69) is 25.1 Å². The van der Waals surface area contributed by atoms with E-state index in [1.54, 1.807) is 12.1 Å². The van der Waals surface area contributed by atoms with Gasteiger partial charge in [0.1, 0.15) is 6.04 Å². The average Bonchev–Trinajstić information content (AvgIpc) is 3.04. The molecule has 4 heterocycles. The van der Waals surface area contributed by atoms with Crippen LogP contribution in [-0.2, 0) is 9.59 Å². The Morgan fingerprint density at radius 2 is 1.88 bits per heavy atom. The van der Waals surface area contributed by atoms with Gasteiger partial charge in [0.05, 0.1) is 16.8 Å². The van der Waals surface area contributed by atoms with Crippen molar-refractivity contribution >= 4 is 29.3 Å². The van der Waals surface area contributed by atoms with Gasteiger partial charge in [0.2, 0.25) is 11.8 Å². The Labute approximate surface area is 190 Å². The van der Waals surface area contributed by atoms with E-state index in [1.165, 1.54) is 0 Å².